The van der Waals surface area contributed by atoms with E-state index < -0.39 is 0 Å². The quantitative estimate of drug-likeness (QED) is 0.653. The Bertz CT molecular complexity index is 271. The Hall–Kier alpha value is -1.05. The lowest BCUT2D eigenvalue weighted by Crippen LogP contribution is -2.00. The van der Waals surface area contributed by atoms with Crippen LogP contribution in [0.4, 0.5) is 4.39 Å². The molecule has 0 fully saturated rings. The molecule has 0 saturated heterocycles. The molecule has 0 aromatic heterocycles. The Kier molecular flexibility index (Phi) is 4.44. The third kappa shape index (κ3) is 3.77. The smallest absolute Gasteiger partial charge is 0.165 e. The van der Waals surface area contributed by atoms with Crippen molar-refractivity contribution < 1.29 is 9.13 Å². The molecule has 0 bridgehead atoms. The van der Waals surface area contributed by atoms with Crippen LogP contribution in [0.15, 0.2) is 24.3 Å². The molecule has 1 rings (SSSR count). The van der Waals surface area contributed by atoms with E-state index in [4.69, 9.17) is 4.74 Å². The first-order chi connectivity index (χ1) is 6.70. The monoisotopic (exact) mass is 196 g/mol. The maximum atomic E-state index is 13.1. The van der Waals surface area contributed by atoms with Gasteiger partial charge in [-0.1, -0.05) is 26.0 Å². The van der Waals surface area contributed by atoms with E-state index >= 15 is 0 Å². The van der Waals surface area contributed by atoms with Crippen molar-refractivity contribution in [1.29, 1.82) is 0 Å². The summed E-state index contributed by atoms with van der Waals surface area (Å²) in [6.45, 7) is 4.94. The molecule has 0 amide bonds. The summed E-state index contributed by atoms with van der Waals surface area (Å²) in [7, 11) is 0. The lowest BCUT2D eigenvalue weighted by molar-refractivity contribution is 0.284. The van der Waals surface area contributed by atoms with Gasteiger partial charge in [0.15, 0.2) is 11.6 Å². The van der Waals surface area contributed by atoms with Crippen molar-refractivity contribution in [1.82, 2.24) is 0 Å². The maximum absolute atomic E-state index is 13.1. The van der Waals surface area contributed by atoms with E-state index in [1.165, 1.54) is 6.07 Å². The highest BCUT2D eigenvalue weighted by atomic mass is 19.1. The zero-order valence-electron chi connectivity index (χ0n) is 8.79. The van der Waals surface area contributed by atoms with Crippen LogP contribution in [0.3, 0.4) is 0 Å². The van der Waals surface area contributed by atoms with Crippen molar-refractivity contribution in [3.8, 4) is 5.75 Å². The Balaban J connectivity index is 2.28. The number of hydrogen-bond acceptors (Lipinski definition) is 1. The van der Waals surface area contributed by atoms with Crippen LogP contribution in [0, 0.1) is 11.7 Å². The molecule has 14 heavy (non-hydrogen) atoms. The third-order valence-corrected chi connectivity index (χ3v) is 2.02. The predicted molar refractivity (Wildman–Crippen MR) is 56.0 cm³/mol. The van der Waals surface area contributed by atoms with E-state index in [0.29, 0.717) is 18.3 Å². The van der Waals surface area contributed by atoms with Crippen LogP contribution < -0.4 is 4.74 Å². The first-order valence-corrected chi connectivity index (χ1v) is 5.07. The Morgan fingerprint density at radius 3 is 2.64 bits per heavy atom. The summed E-state index contributed by atoms with van der Waals surface area (Å²) in [5.74, 6) is 0.757. The van der Waals surface area contributed by atoms with E-state index in [-0.39, 0.29) is 5.82 Å². The summed E-state index contributed by atoms with van der Waals surface area (Å²) in [6.07, 6.45) is 2.10. The minimum absolute atomic E-state index is 0.281. The van der Waals surface area contributed by atoms with Gasteiger partial charge in [-0.2, -0.15) is 0 Å². The normalized spacial score (nSPS) is 10.6. The van der Waals surface area contributed by atoms with Crippen LogP contribution in [0.1, 0.15) is 26.7 Å². The fraction of sp³-hybridized carbons (Fsp3) is 0.500. The van der Waals surface area contributed by atoms with Crippen LogP contribution >= 0.6 is 0 Å². The first kappa shape index (κ1) is 11.0. The fourth-order valence-electron chi connectivity index (χ4n) is 1.24. The van der Waals surface area contributed by atoms with Crippen molar-refractivity contribution in [3.05, 3.63) is 30.1 Å². The molecule has 0 aliphatic rings. The minimum atomic E-state index is -0.281. The van der Waals surface area contributed by atoms with Crippen molar-refractivity contribution in [2.45, 2.75) is 26.7 Å². The second-order valence-electron chi connectivity index (χ2n) is 3.81. The Labute approximate surface area is 84.9 Å². The highest BCUT2D eigenvalue weighted by Crippen LogP contribution is 2.16. The molecule has 0 spiro atoms. The average Bonchev–Trinajstić information content (AvgIpc) is 2.15. The molecule has 0 aliphatic carbocycles. The van der Waals surface area contributed by atoms with E-state index in [2.05, 4.69) is 13.8 Å². The second-order valence-corrected chi connectivity index (χ2v) is 3.81. The summed E-state index contributed by atoms with van der Waals surface area (Å²) in [6, 6.07) is 6.51. The number of hydrogen-bond donors (Lipinski definition) is 0. The molecule has 1 aromatic rings. The number of benzene rings is 1. The van der Waals surface area contributed by atoms with Gasteiger partial charge in [0.1, 0.15) is 0 Å². The van der Waals surface area contributed by atoms with Gasteiger partial charge in [0.05, 0.1) is 6.61 Å². The summed E-state index contributed by atoms with van der Waals surface area (Å²) in [5.41, 5.74) is 0. The Morgan fingerprint density at radius 1 is 1.29 bits per heavy atom. The predicted octanol–water partition coefficient (Wildman–Crippen LogP) is 3.64. The maximum Gasteiger partial charge on any atom is 0.165 e. The van der Waals surface area contributed by atoms with Crippen molar-refractivity contribution in [2.24, 2.45) is 5.92 Å². The number of para-hydroxylation sites is 1. The second kappa shape index (κ2) is 5.63. The van der Waals surface area contributed by atoms with Gasteiger partial charge >= 0.3 is 0 Å². The molecular formula is C12H17FO. The Morgan fingerprint density at radius 2 is 2.00 bits per heavy atom. The molecular weight excluding hydrogens is 179 g/mol. The van der Waals surface area contributed by atoms with Gasteiger partial charge in [0.2, 0.25) is 0 Å². The number of rotatable bonds is 5. The molecule has 1 aromatic carbocycles. The van der Waals surface area contributed by atoms with Gasteiger partial charge in [-0.3, -0.25) is 0 Å². The van der Waals surface area contributed by atoms with E-state index in [1.54, 1.807) is 18.2 Å². The van der Waals surface area contributed by atoms with Crippen LogP contribution in [0.25, 0.3) is 0 Å². The summed E-state index contributed by atoms with van der Waals surface area (Å²) in [4.78, 5) is 0. The molecule has 0 N–H and O–H groups in total. The average molecular weight is 196 g/mol. The number of halogens is 1. The van der Waals surface area contributed by atoms with Crippen molar-refractivity contribution in [2.75, 3.05) is 6.61 Å². The highest BCUT2D eigenvalue weighted by molar-refractivity contribution is 5.23. The molecule has 0 radical (unpaired) electrons. The zero-order valence-corrected chi connectivity index (χ0v) is 8.79. The largest absolute Gasteiger partial charge is 0.491 e. The lowest BCUT2D eigenvalue weighted by Gasteiger charge is -2.07. The van der Waals surface area contributed by atoms with E-state index in [1.807, 2.05) is 0 Å². The molecule has 78 valence electrons. The molecule has 0 aliphatic heterocycles. The number of ether oxygens (including phenoxy) is 1. The zero-order chi connectivity index (χ0) is 10.4. The molecule has 0 unspecified atom stereocenters. The summed E-state index contributed by atoms with van der Waals surface area (Å²) < 4.78 is 18.4. The first-order valence-electron chi connectivity index (χ1n) is 5.07. The molecule has 0 saturated carbocycles. The van der Waals surface area contributed by atoms with Crippen LogP contribution in [-0.4, -0.2) is 6.61 Å². The van der Waals surface area contributed by atoms with Crippen LogP contribution in [0.5, 0.6) is 5.75 Å². The van der Waals surface area contributed by atoms with Gasteiger partial charge in [-0.25, -0.2) is 4.39 Å². The van der Waals surface area contributed by atoms with Gasteiger partial charge in [-0.05, 0) is 30.9 Å². The van der Waals surface area contributed by atoms with Crippen LogP contribution in [-0.2, 0) is 0 Å². The molecule has 0 atom stereocenters. The molecule has 1 nitrogen and oxygen atoms in total. The SMILES string of the molecule is CC(C)CCCOc1ccccc1F. The van der Waals surface area contributed by atoms with Gasteiger partial charge in [0.25, 0.3) is 0 Å². The van der Waals surface area contributed by atoms with Crippen LogP contribution in [0.2, 0.25) is 0 Å². The summed E-state index contributed by atoms with van der Waals surface area (Å²) >= 11 is 0. The molecule has 0 heterocycles. The standard InChI is InChI=1S/C12H17FO/c1-10(2)6-5-9-14-12-8-4-3-7-11(12)13/h3-4,7-8,10H,5-6,9H2,1-2H3. The van der Waals surface area contributed by atoms with Crippen molar-refractivity contribution >= 4 is 0 Å². The fourth-order valence-corrected chi connectivity index (χ4v) is 1.24. The molecule has 2 heteroatoms. The van der Waals surface area contributed by atoms with Crippen molar-refractivity contribution in [3.63, 3.8) is 0 Å². The van der Waals surface area contributed by atoms with Gasteiger partial charge in [-0.15, -0.1) is 0 Å². The van der Waals surface area contributed by atoms with Gasteiger partial charge in [0, 0.05) is 0 Å². The van der Waals surface area contributed by atoms with E-state index in [0.717, 1.165) is 12.8 Å². The lowest BCUT2D eigenvalue weighted by atomic mass is 10.1. The van der Waals surface area contributed by atoms with Gasteiger partial charge < -0.3 is 4.74 Å². The highest BCUT2D eigenvalue weighted by Gasteiger charge is 2.00. The summed E-state index contributed by atoms with van der Waals surface area (Å²) in [5, 5.41) is 0. The third-order valence-electron chi connectivity index (χ3n) is 2.02. The topological polar surface area (TPSA) is 9.23 Å². The van der Waals surface area contributed by atoms with E-state index in [9.17, 15) is 4.39 Å². The minimum Gasteiger partial charge on any atom is -0.491 e.